The minimum atomic E-state index is -0.132. The molecule has 0 spiro atoms. The van der Waals surface area contributed by atoms with Crippen molar-refractivity contribution in [1.82, 2.24) is 10.3 Å². The van der Waals surface area contributed by atoms with Gasteiger partial charge in [0.05, 0.1) is 0 Å². The van der Waals surface area contributed by atoms with Gasteiger partial charge in [-0.3, -0.25) is 9.59 Å². The number of nitrogens with zero attached hydrogens (tertiary/aromatic N) is 1. The van der Waals surface area contributed by atoms with E-state index in [9.17, 15) is 9.59 Å². The molecule has 1 aromatic heterocycles. The molecule has 2 aromatic rings. The average Bonchev–Trinajstić information content (AvgIpc) is 2.65. The number of amides is 2. The highest BCUT2D eigenvalue weighted by Crippen LogP contribution is 2.23. The van der Waals surface area contributed by atoms with Crippen molar-refractivity contribution in [2.24, 2.45) is 0 Å². The number of aryl methyl sites for hydroxylation is 1. The maximum absolute atomic E-state index is 12.4. The summed E-state index contributed by atoms with van der Waals surface area (Å²) in [6, 6.07) is 10.9. The molecular formula is C21H25N3O3. The van der Waals surface area contributed by atoms with Crippen molar-refractivity contribution < 1.29 is 14.3 Å². The fraction of sp³-hybridized carbons (Fsp3) is 0.381. The summed E-state index contributed by atoms with van der Waals surface area (Å²) in [5.41, 5.74) is 2.38. The SMILES string of the molecule is CC(=O)Nc1ccc(C(=O)NC2CCC(Oc3ccc(C)cn3)CC2)cc1. The van der Waals surface area contributed by atoms with Crippen molar-refractivity contribution in [3.05, 3.63) is 53.7 Å². The van der Waals surface area contributed by atoms with Gasteiger partial charge in [-0.25, -0.2) is 4.98 Å². The van der Waals surface area contributed by atoms with Crippen LogP contribution in [-0.2, 0) is 4.79 Å². The number of hydrogen-bond donors (Lipinski definition) is 2. The third kappa shape index (κ3) is 5.54. The highest BCUT2D eigenvalue weighted by molar-refractivity contribution is 5.95. The van der Waals surface area contributed by atoms with Gasteiger partial charge in [-0.1, -0.05) is 6.07 Å². The predicted molar refractivity (Wildman–Crippen MR) is 104 cm³/mol. The standard InChI is InChI=1S/C21H25N3O3/c1-14-3-12-20(22-13-14)27-19-10-8-18(9-11-19)24-21(26)16-4-6-17(7-5-16)23-15(2)25/h3-7,12-13,18-19H,8-11H2,1-2H3,(H,23,25)(H,24,26). The van der Waals surface area contributed by atoms with E-state index in [0.717, 1.165) is 31.2 Å². The van der Waals surface area contributed by atoms with Crippen LogP contribution in [0, 0.1) is 6.92 Å². The van der Waals surface area contributed by atoms with E-state index in [2.05, 4.69) is 15.6 Å². The fourth-order valence-electron chi connectivity index (χ4n) is 3.20. The number of nitrogens with one attached hydrogen (secondary N) is 2. The number of pyridine rings is 1. The normalized spacial score (nSPS) is 19.2. The van der Waals surface area contributed by atoms with E-state index in [1.165, 1.54) is 6.92 Å². The monoisotopic (exact) mass is 367 g/mol. The van der Waals surface area contributed by atoms with E-state index in [1.54, 1.807) is 30.5 Å². The second-order valence-corrected chi connectivity index (χ2v) is 7.00. The van der Waals surface area contributed by atoms with Crippen molar-refractivity contribution in [2.75, 3.05) is 5.32 Å². The van der Waals surface area contributed by atoms with Crippen molar-refractivity contribution in [2.45, 2.75) is 51.7 Å². The highest BCUT2D eigenvalue weighted by atomic mass is 16.5. The molecule has 0 saturated heterocycles. The Morgan fingerprint density at radius 2 is 1.74 bits per heavy atom. The molecule has 0 radical (unpaired) electrons. The van der Waals surface area contributed by atoms with Gasteiger partial charge >= 0.3 is 0 Å². The van der Waals surface area contributed by atoms with Crippen LogP contribution in [0.2, 0.25) is 0 Å². The number of anilines is 1. The maximum Gasteiger partial charge on any atom is 0.251 e. The zero-order chi connectivity index (χ0) is 19.2. The lowest BCUT2D eigenvalue weighted by Crippen LogP contribution is -2.39. The van der Waals surface area contributed by atoms with Crippen LogP contribution in [0.25, 0.3) is 0 Å². The van der Waals surface area contributed by atoms with Crippen LogP contribution in [0.4, 0.5) is 5.69 Å². The molecule has 0 bridgehead atoms. The molecule has 0 atom stereocenters. The van der Waals surface area contributed by atoms with Crippen LogP contribution in [0.1, 0.15) is 48.5 Å². The Bertz CT molecular complexity index is 779. The lowest BCUT2D eigenvalue weighted by molar-refractivity contribution is -0.114. The maximum atomic E-state index is 12.4. The minimum Gasteiger partial charge on any atom is -0.474 e. The van der Waals surface area contributed by atoms with Gasteiger partial charge in [0.2, 0.25) is 11.8 Å². The summed E-state index contributed by atoms with van der Waals surface area (Å²) in [7, 11) is 0. The smallest absolute Gasteiger partial charge is 0.251 e. The molecule has 27 heavy (non-hydrogen) atoms. The third-order valence-corrected chi connectivity index (χ3v) is 4.65. The number of carbonyl (C=O) groups excluding carboxylic acids is 2. The average molecular weight is 367 g/mol. The van der Waals surface area contributed by atoms with Gasteiger partial charge in [0.25, 0.3) is 5.91 Å². The summed E-state index contributed by atoms with van der Waals surface area (Å²) in [6.45, 7) is 3.45. The largest absolute Gasteiger partial charge is 0.474 e. The van der Waals surface area contributed by atoms with Gasteiger partial charge in [-0.15, -0.1) is 0 Å². The number of rotatable bonds is 5. The van der Waals surface area contributed by atoms with E-state index in [1.807, 2.05) is 19.1 Å². The Morgan fingerprint density at radius 1 is 1.04 bits per heavy atom. The Hall–Kier alpha value is -2.89. The van der Waals surface area contributed by atoms with Crippen molar-refractivity contribution >= 4 is 17.5 Å². The second kappa shape index (κ2) is 8.66. The summed E-state index contributed by atoms with van der Waals surface area (Å²) in [4.78, 5) is 27.7. The molecule has 0 unspecified atom stereocenters. The highest BCUT2D eigenvalue weighted by Gasteiger charge is 2.24. The van der Waals surface area contributed by atoms with Crippen molar-refractivity contribution in [3.8, 4) is 5.88 Å². The molecule has 1 aliphatic rings. The van der Waals surface area contributed by atoms with Crippen LogP contribution >= 0.6 is 0 Å². The molecule has 1 aliphatic carbocycles. The van der Waals surface area contributed by atoms with Gasteiger partial charge in [-0.2, -0.15) is 0 Å². The van der Waals surface area contributed by atoms with Gasteiger partial charge in [0, 0.05) is 36.5 Å². The van der Waals surface area contributed by atoms with Crippen LogP contribution in [0.15, 0.2) is 42.6 Å². The van der Waals surface area contributed by atoms with E-state index in [-0.39, 0.29) is 24.0 Å². The van der Waals surface area contributed by atoms with E-state index in [0.29, 0.717) is 17.1 Å². The molecule has 1 heterocycles. The summed E-state index contributed by atoms with van der Waals surface area (Å²) in [5, 5.41) is 5.78. The van der Waals surface area contributed by atoms with Gasteiger partial charge in [-0.05, 0) is 62.4 Å². The number of carbonyl (C=O) groups is 2. The van der Waals surface area contributed by atoms with E-state index in [4.69, 9.17) is 4.74 Å². The van der Waals surface area contributed by atoms with E-state index >= 15 is 0 Å². The summed E-state index contributed by atoms with van der Waals surface area (Å²) in [6.07, 6.45) is 5.49. The first kappa shape index (κ1) is 18.9. The molecule has 6 nitrogen and oxygen atoms in total. The first-order chi connectivity index (χ1) is 13.0. The zero-order valence-electron chi connectivity index (χ0n) is 15.7. The molecule has 0 aliphatic heterocycles. The van der Waals surface area contributed by atoms with Crippen LogP contribution < -0.4 is 15.4 Å². The van der Waals surface area contributed by atoms with Gasteiger partial charge in [0.1, 0.15) is 6.10 Å². The predicted octanol–water partition coefficient (Wildman–Crippen LogP) is 3.47. The number of aromatic nitrogens is 1. The second-order valence-electron chi connectivity index (χ2n) is 7.00. The number of hydrogen-bond acceptors (Lipinski definition) is 4. The molecule has 1 fully saturated rings. The lowest BCUT2D eigenvalue weighted by Gasteiger charge is -2.29. The number of benzene rings is 1. The topological polar surface area (TPSA) is 80.3 Å². The molecule has 2 amide bonds. The lowest BCUT2D eigenvalue weighted by atomic mass is 9.92. The summed E-state index contributed by atoms with van der Waals surface area (Å²) < 4.78 is 5.93. The zero-order valence-corrected chi connectivity index (χ0v) is 15.7. The minimum absolute atomic E-state index is 0.0889. The van der Waals surface area contributed by atoms with E-state index < -0.39 is 0 Å². The van der Waals surface area contributed by atoms with Gasteiger partial charge in [0.15, 0.2) is 0 Å². The fourth-order valence-corrected chi connectivity index (χ4v) is 3.20. The van der Waals surface area contributed by atoms with Crippen LogP contribution in [-0.4, -0.2) is 28.9 Å². The number of ether oxygens (including phenoxy) is 1. The Kier molecular flexibility index (Phi) is 6.06. The molecule has 1 saturated carbocycles. The van der Waals surface area contributed by atoms with Crippen molar-refractivity contribution in [1.29, 1.82) is 0 Å². The molecule has 6 heteroatoms. The summed E-state index contributed by atoms with van der Waals surface area (Å²) >= 11 is 0. The molecule has 3 rings (SSSR count). The molecule has 2 N–H and O–H groups in total. The first-order valence-electron chi connectivity index (χ1n) is 9.27. The molecule has 1 aromatic carbocycles. The molecule has 142 valence electrons. The summed E-state index contributed by atoms with van der Waals surface area (Å²) in [5.74, 6) is 0.438. The van der Waals surface area contributed by atoms with Gasteiger partial charge < -0.3 is 15.4 Å². The Labute approximate surface area is 159 Å². The van der Waals surface area contributed by atoms with Crippen LogP contribution in [0.3, 0.4) is 0 Å². The van der Waals surface area contributed by atoms with Crippen molar-refractivity contribution in [3.63, 3.8) is 0 Å². The Morgan fingerprint density at radius 3 is 2.33 bits per heavy atom. The Balaban J connectivity index is 1.46. The molecular weight excluding hydrogens is 342 g/mol. The third-order valence-electron chi connectivity index (χ3n) is 4.65. The van der Waals surface area contributed by atoms with Crippen LogP contribution in [0.5, 0.6) is 5.88 Å². The quantitative estimate of drug-likeness (QED) is 0.848. The first-order valence-corrected chi connectivity index (χ1v) is 9.27.